The summed E-state index contributed by atoms with van der Waals surface area (Å²) in [4.78, 5) is 23.5. The second-order valence-electron chi connectivity index (χ2n) is 6.40. The van der Waals surface area contributed by atoms with Crippen molar-refractivity contribution < 1.29 is 23.5 Å². The van der Waals surface area contributed by atoms with Gasteiger partial charge in [0.2, 0.25) is 0 Å². The normalized spacial score (nSPS) is 17.3. The van der Waals surface area contributed by atoms with E-state index >= 15 is 0 Å². The average molecular weight is 322 g/mol. The highest BCUT2D eigenvalue weighted by Gasteiger charge is 2.30. The van der Waals surface area contributed by atoms with Crippen LogP contribution < -0.4 is 4.74 Å². The molecule has 1 aliphatic rings. The molecule has 0 amide bonds. The van der Waals surface area contributed by atoms with Gasteiger partial charge >= 0.3 is 5.97 Å². The first kappa shape index (κ1) is 17.6. The van der Waals surface area contributed by atoms with Gasteiger partial charge in [-0.25, -0.2) is 0 Å². The lowest BCUT2D eigenvalue weighted by Crippen LogP contribution is -2.24. The standard InChI is InChI=1S/C18H26O5/c1-5-21-18(20)17(11(2)3)16-10-15(12(4)22-16)23-14-8-6-13(19)7-9-14/h10-11,14,17H,5-9H2,1-4H3. The molecule has 5 heteroatoms. The summed E-state index contributed by atoms with van der Waals surface area (Å²) >= 11 is 0. The van der Waals surface area contributed by atoms with Crippen molar-refractivity contribution in [3.05, 3.63) is 17.6 Å². The highest BCUT2D eigenvalue weighted by molar-refractivity contribution is 5.79. The maximum atomic E-state index is 12.2. The largest absolute Gasteiger partial charge is 0.487 e. The van der Waals surface area contributed by atoms with Crippen LogP contribution in [0.3, 0.4) is 0 Å². The molecule has 1 unspecified atom stereocenters. The number of carbonyl (C=O) groups excluding carboxylic acids is 2. The van der Waals surface area contributed by atoms with Crippen LogP contribution in [0.1, 0.15) is 63.9 Å². The van der Waals surface area contributed by atoms with Crippen LogP contribution in [-0.2, 0) is 14.3 Å². The quantitative estimate of drug-likeness (QED) is 0.746. The maximum absolute atomic E-state index is 12.2. The molecular formula is C18H26O5. The van der Waals surface area contributed by atoms with Crippen LogP contribution in [0.2, 0.25) is 0 Å². The van der Waals surface area contributed by atoms with Gasteiger partial charge in [-0.3, -0.25) is 9.59 Å². The van der Waals surface area contributed by atoms with Gasteiger partial charge in [-0.2, -0.15) is 0 Å². The summed E-state index contributed by atoms with van der Waals surface area (Å²) in [6.45, 7) is 7.90. The van der Waals surface area contributed by atoms with Gasteiger partial charge in [-0.05, 0) is 32.6 Å². The number of hydrogen-bond acceptors (Lipinski definition) is 5. The molecule has 0 saturated heterocycles. The minimum Gasteiger partial charge on any atom is -0.487 e. The topological polar surface area (TPSA) is 65.7 Å². The first-order chi connectivity index (χ1) is 10.9. The molecule has 1 saturated carbocycles. The first-order valence-electron chi connectivity index (χ1n) is 8.37. The lowest BCUT2D eigenvalue weighted by Gasteiger charge is -2.21. The molecule has 128 valence electrons. The van der Waals surface area contributed by atoms with Crippen molar-refractivity contribution in [3.8, 4) is 5.75 Å². The van der Waals surface area contributed by atoms with Crippen molar-refractivity contribution in [2.24, 2.45) is 5.92 Å². The number of ether oxygens (including phenoxy) is 2. The molecule has 0 aromatic carbocycles. The minimum absolute atomic E-state index is 0.0388. The van der Waals surface area contributed by atoms with Crippen LogP contribution in [-0.4, -0.2) is 24.5 Å². The molecule has 1 aliphatic carbocycles. The Labute approximate surface area is 137 Å². The van der Waals surface area contributed by atoms with E-state index in [0.29, 0.717) is 42.5 Å². The van der Waals surface area contributed by atoms with Crippen LogP contribution in [0, 0.1) is 12.8 Å². The number of aryl methyl sites for hydroxylation is 1. The van der Waals surface area contributed by atoms with Crippen molar-refractivity contribution in [1.82, 2.24) is 0 Å². The lowest BCUT2D eigenvalue weighted by molar-refractivity contribution is -0.146. The van der Waals surface area contributed by atoms with Gasteiger partial charge in [0.15, 0.2) is 5.75 Å². The number of rotatable bonds is 6. The summed E-state index contributed by atoms with van der Waals surface area (Å²) < 4.78 is 16.9. The fraction of sp³-hybridized carbons (Fsp3) is 0.667. The SMILES string of the molecule is CCOC(=O)C(c1cc(OC2CCC(=O)CC2)c(C)o1)C(C)C. The zero-order valence-electron chi connectivity index (χ0n) is 14.4. The molecule has 23 heavy (non-hydrogen) atoms. The highest BCUT2D eigenvalue weighted by Crippen LogP contribution is 2.34. The Hall–Kier alpha value is -1.78. The molecular weight excluding hydrogens is 296 g/mol. The summed E-state index contributed by atoms with van der Waals surface area (Å²) in [5.41, 5.74) is 0. The molecule has 2 rings (SSSR count). The molecule has 5 nitrogen and oxygen atoms in total. The van der Waals surface area contributed by atoms with Crippen LogP contribution in [0.25, 0.3) is 0 Å². The monoisotopic (exact) mass is 322 g/mol. The number of Topliss-reactive ketones (excluding diaryl/α,β-unsaturated/α-hetero) is 1. The van der Waals surface area contributed by atoms with E-state index in [2.05, 4.69) is 0 Å². The third-order valence-corrected chi connectivity index (χ3v) is 4.19. The van der Waals surface area contributed by atoms with Crippen LogP contribution >= 0.6 is 0 Å². The highest BCUT2D eigenvalue weighted by atomic mass is 16.5. The summed E-state index contributed by atoms with van der Waals surface area (Å²) in [5, 5.41) is 0. The molecule has 1 aromatic rings. The Morgan fingerprint density at radius 2 is 2.00 bits per heavy atom. The Bertz CT molecular complexity index is 548. The fourth-order valence-corrected chi connectivity index (χ4v) is 2.92. The molecule has 0 aliphatic heterocycles. The zero-order valence-corrected chi connectivity index (χ0v) is 14.4. The maximum Gasteiger partial charge on any atom is 0.316 e. The first-order valence-corrected chi connectivity index (χ1v) is 8.37. The minimum atomic E-state index is -0.432. The van der Waals surface area contributed by atoms with E-state index < -0.39 is 5.92 Å². The zero-order chi connectivity index (χ0) is 17.0. The number of furan rings is 1. The Morgan fingerprint density at radius 1 is 1.35 bits per heavy atom. The molecule has 1 atom stereocenters. The van der Waals surface area contributed by atoms with Gasteiger partial charge in [0, 0.05) is 18.9 Å². The summed E-state index contributed by atoms with van der Waals surface area (Å²) in [5.74, 6) is 1.57. The van der Waals surface area contributed by atoms with Crippen molar-refractivity contribution in [3.63, 3.8) is 0 Å². The van der Waals surface area contributed by atoms with Gasteiger partial charge in [0.05, 0.1) is 12.7 Å². The third-order valence-electron chi connectivity index (χ3n) is 4.19. The predicted octanol–water partition coefficient (Wildman–Crippen LogP) is 3.78. The van der Waals surface area contributed by atoms with Crippen molar-refractivity contribution in [2.75, 3.05) is 6.61 Å². The predicted molar refractivity (Wildman–Crippen MR) is 85.5 cm³/mol. The van der Waals surface area contributed by atoms with Crippen LogP contribution in [0.15, 0.2) is 10.5 Å². The van der Waals surface area contributed by atoms with Crippen molar-refractivity contribution >= 4 is 11.8 Å². The number of hydrogen-bond donors (Lipinski definition) is 0. The van der Waals surface area contributed by atoms with Gasteiger partial charge < -0.3 is 13.9 Å². The molecule has 0 radical (unpaired) electrons. The average Bonchev–Trinajstić information content (AvgIpc) is 2.82. The molecule has 0 bridgehead atoms. The number of esters is 1. The Morgan fingerprint density at radius 3 is 2.57 bits per heavy atom. The molecule has 1 fully saturated rings. The van der Waals surface area contributed by atoms with E-state index in [1.807, 2.05) is 20.8 Å². The van der Waals surface area contributed by atoms with Crippen LogP contribution in [0.4, 0.5) is 0 Å². The molecule has 0 N–H and O–H groups in total. The van der Waals surface area contributed by atoms with Gasteiger partial charge in [-0.1, -0.05) is 13.8 Å². The number of ketones is 1. The van der Waals surface area contributed by atoms with Gasteiger partial charge in [0.25, 0.3) is 0 Å². The van der Waals surface area contributed by atoms with Crippen molar-refractivity contribution in [1.29, 1.82) is 0 Å². The van der Waals surface area contributed by atoms with Gasteiger partial charge in [-0.15, -0.1) is 0 Å². The Balaban J connectivity index is 2.12. The summed E-state index contributed by atoms with van der Waals surface area (Å²) in [6, 6.07) is 1.80. The lowest BCUT2D eigenvalue weighted by atomic mass is 9.93. The van der Waals surface area contributed by atoms with E-state index in [9.17, 15) is 9.59 Å². The smallest absolute Gasteiger partial charge is 0.316 e. The second kappa shape index (κ2) is 7.66. The van der Waals surface area contributed by atoms with E-state index in [1.165, 1.54) is 0 Å². The third kappa shape index (κ3) is 4.36. The molecule has 0 spiro atoms. The molecule has 1 heterocycles. The van der Waals surface area contributed by atoms with E-state index in [0.717, 1.165) is 12.8 Å². The summed E-state index contributed by atoms with van der Waals surface area (Å²) in [7, 11) is 0. The Kier molecular flexibility index (Phi) is 5.85. The van der Waals surface area contributed by atoms with Crippen molar-refractivity contribution in [2.45, 2.75) is 65.4 Å². The van der Waals surface area contributed by atoms with E-state index in [-0.39, 0.29) is 18.0 Å². The fourth-order valence-electron chi connectivity index (χ4n) is 2.92. The number of carbonyl (C=O) groups is 2. The second-order valence-corrected chi connectivity index (χ2v) is 6.40. The summed E-state index contributed by atoms with van der Waals surface area (Å²) in [6.07, 6.45) is 2.67. The van der Waals surface area contributed by atoms with Crippen LogP contribution in [0.5, 0.6) is 5.75 Å². The van der Waals surface area contributed by atoms with E-state index in [4.69, 9.17) is 13.9 Å². The van der Waals surface area contributed by atoms with Gasteiger partial charge in [0.1, 0.15) is 23.2 Å². The molecule has 1 aromatic heterocycles. The van der Waals surface area contributed by atoms with E-state index in [1.54, 1.807) is 13.0 Å².